The maximum absolute atomic E-state index is 12.1. The van der Waals surface area contributed by atoms with E-state index in [2.05, 4.69) is 6.07 Å². The minimum absolute atomic E-state index is 0.132. The monoisotopic (exact) mass is 250 g/mol. The second kappa shape index (κ2) is 4.77. The highest BCUT2D eigenvalue weighted by Crippen LogP contribution is 2.28. The van der Waals surface area contributed by atoms with E-state index < -0.39 is 5.41 Å². The van der Waals surface area contributed by atoms with E-state index in [4.69, 9.17) is 22.6 Å². The Hall–Kier alpha value is -1.53. The Morgan fingerprint density at radius 3 is 2.65 bits per heavy atom. The number of anilines is 1. The van der Waals surface area contributed by atoms with Crippen LogP contribution in [0.2, 0.25) is 5.02 Å². The summed E-state index contributed by atoms with van der Waals surface area (Å²) in [5.74, 6) is -0.153. The van der Waals surface area contributed by atoms with Gasteiger partial charge in [0, 0.05) is 22.7 Å². The van der Waals surface area contributed by atoms with Crippen LogP contribution in [0.15, 0.2) is 12.1 Å². The molecule has 0 radical (unpaired) electrons. The van der Waals surface area contributed by atoms with Crippen LogP contribution in [0.3, 0.4) is 0 Å². The molecule has 1 aromatic carbocycles. The molecule has 0 aromatic heterocycles. The molecule has 0 saturated carbocycles. The quantitative estimate of drug-likeness (QED) is 0.661. The zero-order chi connectivity index (χ0) is 13.2. The fourth-order valence-corrected chi connectivity index (χ4v) is 1.79. The van der Waals surface area contributed by atoms with E-state index in [1.54, 1.807) is 32.9 Å². The van der Waals surface area contributed by atoms with Crippen LogP contribution in [0.1, 0.15) is 36.2 Å². The van der Waals surface area contributed by atoms with Gasteiger partial charge in [0.2, 0.25) is 0 Å². The van der Waals surface area contributed by atoms with E-state index in [9.17, 15) is 4.79 Å². The summed E-state index contributed by atoms with van der Waals surface area (Å²) in [4.78, 5) is 12.1. The number of halogens is 1. The smallest absolute Gasteiger partial charge is 0.166 e. The van der Waals surface area contributed by atoms with Gasteiger partial charge in [-0.05, 0) is 38.5 Å². The fourth-order valence-electron chi connectivity index (χ4n) is 1.52. The highest BCUT2D eigenvalue weighted by Gasteiger charge is 2.24. The predicted octanol–water partition coefficient (Wildman–Crippen LogP) is 3.35. The lowest BCUT2D eigenvalue weighted by molar-refractivity contribution is 0.0953. The molecule has 0 aliphatic heterocycles. The van der Waals surface area contributed by atoms with Crippen LogP contribution < -0.4 is 5.73 Å². The summed E-state index contributed by atoms with van der Waals surface area (Å²) in [5, 5.41) is 9.39. The summed E-state index contributed by atoms with van der Waals surface area (Å²) < 4.78 is 0. The average Bonchev–Trinajstić information content (AvgIpc) is 2.22. The van der Waals surface area contributed by atoms with E-state index in [1.165, 1.54) is 0 Å². The molecule has 1 rings (SSSR count). The van der Waals surface area contributed by atoms with Gasteiger partial charge in [-0.25, -0.2) is 0 Å². The van der Waals surface area contributed by atoms with Crippen LogP contribution in [0.4, 0.5) is 5.69 Å². The number of Topliss-reactive ketones (excluding diaryl/α,β-unsaturated/α-hetero) is 1. The molecular formula is C13H15ClN2O. The first-order valence-electron chi connectivity index (χ1n) is 5.27. The number of aryl methyl sites for hydroxylation is 1. The third-order valence-corrected chi connectivity index (χ3v) is 2.78. The summed E-state index contributed by atoms with van der Waals surface area (Å²) in [6.45, 7) is 5.24. The highest BCUT2D eigenvalue weighted by molar-refractivity contribution is 6.31. The van der Waals surface area contributed by atoms with Gasteiger partial charge in [0.15, 0.2) is 5.78 Å². The normalized spacial score (nSPS) is 11.0. The zero-order valence-corrected chi connectivity index (χ0v) is 10.9. The van der Waals surface area contributed by atoms with Crippen molar-refractivity contribution in [3.8, 4) is 6.07 Å². The molecule has 0 bridgehead atoms. The van der Waals surface area contributed by atoms with Crippen LogP contribution in [0, 0.1) is 23.7 Å². The minimum atomic E-state index is -0.695. The Bertz CT molecular complexity index is 501. The first-order chi connectivity index (χ1) is 7.76. The maximum Gasteiger partial charge on any atom is 0.166 e. The van der Waals surface area contributed by atoms with Crippen molar-refractivity contribution < 1.29 is 4.79 Å². The second-order valence-electron chi connectivity index (χ2n) is 4.78. The van der Waals surface area contributed by atoms with Crippen LogP contribution in [-0.2, 0) is 0 Å². The third kappa shape index (κ3) is 3.21. The standard InChI is InChI=1S/C13H15ClN2O/c1-8-4-9(14)5-10(12(8)16)11(17)6-13(2,3)7-15/h4-5H,6,16H2,1-3H3. The number of nitrogen functional groups attached to an aromatic ring is 1. The summed E-state index contributed by atoms with van der Waals surface area (Å²) in [5.41, 5.74) is 6.77. The first-order valence-corrected chi connectivity index (χ1v) is 5.65. The van der Waals surface area contributed by atoms with Gasteiger partial charge in [-0.3, -0.25) is 4.79 Å². The van der Waals surface area contributed by atoms with Crippen LogP contribution >= 0.6 is 11.6 Å². The lowest BCUT2D eigenvalue weighted by Gasteiger charge is -2.15. The molecule has 0 aliphatic rings. The van der Waals surface area contributed by atoms with Crippen molar-refractivity contribution in [2.45, 2.75) is 27.2 Å². The summed E-state index contributed by atoms with van der Waals surface area (Å²) in [6.07, 6.45) is 0.132. The maximum atomic E-state index is 12.1. The van der Waals surface area contributed by atoms with Crippen molar-refractivity contribution in [2.24, 2.45) is 5.41 Å². The number of hydrogen-bond acceptors (Lipinski definition) is 3. The van der Waals surface area contributed by atoms with E-state index in [-0.39, 0.29) is 12.2 Å². The largest absolute Gasteiger partial charge is 0.398 e. The van der Waals surface area contributed by atoms with Gasteiger partial charge < -0.3 is 5.73 Å². The van der Waals surface area contributed by atoms with Gasteiger partial charge in [0.05, 0.1) is 11.5 Å². The molecule has 0 heterocycles. The van der Waals surface area contributed by atoms with E-state index in [1.807, 2.05) is 0 Å². The fraction of sp³-hybridized carbons (Fsp3) is 0.385. The molecule has 17 heavy (non-hydrogen) atoms. The third-order valence-electron chi connectivity index (χ3n) is 2.56. The van der Waals surface area contributed by atoms with Gasteiger partial charge in [-0.2, -0.15) is 5.26 Å². The second-order valence-corrected chi connectivity index (χ2v) is 5.22. The highest BCUT2D eigenvalue weighted by atomic mass is 35.5. The van der Waals surface area contributed by atoms with E-state index >= 15 is 0 Å². The number of nitriles is 1. The number of nitrogens with zero attached hydrogens (tertiary/aromatic N) is 1. The van der Waals surface area contributed by atoms with Gasteiger partial charge in [-0.15, -0.1) is 0 Å². The molecule has 0 amide bonds. The number of benzene rings is 1. The molecule has 0 saturated heterocycles. The Balaban J connectivity index is 3.10. The summed E-state index contributed by atoms with van der Waals surface area (Å²) >= 11 is 5.90. The van der Waals surface area contributed by atoms with E-state index in [0.717, 1.165) is 5.56 Å². The summed E-state index contributed by atoms with van der Waals surface area (Å²) in [7, 11) is 0. The summed E-state index contributed by atoms with van der Waals surface area (Å²) in [6, 6.07) is 5.36. The number of rotatable bonds is 3. The number of nitrogens with two attached hydrogens (primary N) is 1. The molecule has 1 aromatic rings. The molecule has 90 valence electrons. The molecule has 2 N–H and O–H groups in total. The number of carbonyl (C=O) groups excluding carboxylic acids is 1. The first kappa shape index (κ1) is 13.5. The Morgan fingerprint density at radius 2 is 2.12 bits per heavy atom. The topological polar surface area (TPSA) is 66.9 Å². The minimum Gasteiger partial charge on any atom is -0.398 e. The predicted molar refractivity (Wildman–Crippen MR) is 68.9 cm³/mol. The zero-order valence-electron chi connectivity index (χ0n) is 10.2. The number of carbonyl (C=O) groups is 1. The van der Waals surface area contributed by atoms with Gasteiger partial charge >= 0.3 is 0 Å². The van der Waals surface area contributed by atoms with Crippen molar-refractivity contribution in [2.75, 3.05) is 5.73 Å². The number of hydrogen-bond donors (Lipinski definition) is 1. The Kier molecular flexibility index (Phi) is 3.79. The van der Waals surface area contributed by atoms with Crippen molar-refractivity contribution in [3.63, 3.8) is 0 Å². The lowest BCUT2D eigenvalue weighted by Crippen LogP contribution is -2.16. The van der Waals surface area contributed by atoms with Crippen molar-refractivity contribution in [1.82, 2.24) is 0 Å². The van der Waals surface area contributed by atoms with Crippen molar-refractivity contribution in [1.29, 1.82) is 5.26 Å². The molecule has 0 unspecified atom stereocenters. The van der Waals surface area contributed by atoms with Crippen LogP contribution in [-0.4, -0.2) is 5.78 Å². The molecule has 0 aliphatic carbocycles. The lowest BCUT2D eigenvalue weighted by atomic mass is 9.86. The van der Waals surface area contributed by atoms with Gasteiger partial charge in [0.1, 0.15) is 0 Å². The van der Waals surface area contributed by atoms with Gasteiger partial charge in [-0.1, -0.05) is 11.6 Å². The SMILES string of the molecule is Cc1cc(Cl)cc(C(=O)CC(C)(C)C#N)c1N. The Morgan fingerprint density at radius 1 is 1.53 bits per heavy atom. The van der Waals surface area contributed by atoms with Crippen LogP contribution in [0.5, 0.6) is 0 Å². The Labute approximate surface area is 106 Å². The molecule has 3 nitrogen and oxygen atoms in total. The van der Waals surface area contributed by atoms with E-state index in [0.29, 0.717) is 16.3 Å². The molecule has 4 heteroatoms. The van der Waals surface area contributed by atoms with Crippen LogP contribution in [0.25, 0.3) is 0 Å². The average molecular weight is 251 g/mol. The molecule has 0 fully saturated rings. The van der Waals surface area contributed by atoms with Crippen molar-refractivity contribution in [3.05, 3.63) is 28.3 Å². The molecule has 0 spiro atoms. The van der Waals surface area contributed by atoms with Crippen molar-refractivity contribution >= 4 is 23.1 Å². The van der Waals surface area contributed by atoms with Gasteiger partial charge in [0.25, 0.3) is 0 Å². The number of ketones is 1. The molecule has 0 atom stereocenters. The molecular weight excluding hydrogens is 236 g/mol.